The molecule has 0 radical (unpaired) electrons. The first-order valence-electron chi connectivity index (χ1n) is 4.40. The Morgan fingerprint density at radius 2 is 2.40 bits per heavy atom. The van der Waals surface area contributed by atoms with Gasteiger partial charge in [-0.3, -0.25) is 4.79 Å². The normalized spacial score (nSPS) is 10.5. The summed E-state index contributed by atoms with van der Waals surface area (Å²) in [6.45, 7) is 0. The number of esters is 1. The fourth-order valence-corrected chi connectivity index (χ4v) is 1.70. The first-order chi connectivity index (χ1) is 7.20. The maximum atomic E-state index is 11.1. The molecule has 0 aromatic carbocycles. The minimum absolute atomic E-state index is 0.236. The molecule has 4 nitrogen and oxygen atoms in total. The quantitative estimate of drug-likeness (QED) is 0.670. The average molecular weight is 269 g/mol. The van der Waals surface area contributed by atoms with Crippen LogP contribution in [0.5, 0.6) is 0 Å². The van der Waals surface area contributed by atoms with Crippen molar-refractivity contribution in [3.05, 3.63) is 28.5 Å². The molecule has 0 fully saturated rings. The Labute approximate surface area is 94.8 Å². The van der Waals surface area contributed by atoms with Gasteiger partial charge in [-0.05, 0) is 28.1 Å². The van der Waals surface area contributed by atoms with Gasteiger partial charge in [0.25, 0.3) is 0 Å². The Morgan fingerprint density at radius 1 is 1.60 bits per heavy atom. The molecule has 0 unspecified atom stereocenters. The van der Waals surface area contributed by atoms with Crippen molar-refractivity contribution in [2.75, 3.05) is 7.11 Å². The Hall–Kier alpha value is -1.36. The number of methoxy groups -OCH3 is 1. The molecule has 0 amide bonds. The van der Waals surface area contributed by atoms with Crippen LogP contribution in [0.25, 0.3) is 11.0 Å². The smallest absolute Gasteiger partial charge is 0.310 e. The number of nitrogens with zero attached hydrogens (tertiary/aromatic N) is 1. The molecule has 78 valence electrons. The van der Waals surface area contributed by atoms with Gasteiger partial charge in [0.05, 0.1) is 24.6 Å². The number of H-pyrrole nitrogens is 1. The molecule has 0 aliphatic carbocycles. The fraction of sp³-hybridized carbons (Fsp3) is 0.200. The second-order valence-corrected chi connectivity index (χ2v) is 3.91. The third-order valence-electron chi connectivity index (χ3n) is 2.13. The Kier molecular flexibility index (Phi) is 2.73. The van der Waals surface area contributed by atoms with Gasteiger partial charge in [0.2, 0.25) is 0 Å². The van der Waals surface area contributed by atoms with E-state index in [9.17, 15) is 4.79 Å². The maximum absolute atomic E-state index is 11.1. The first kappa shape index (κ1) is 10.2. The highest BCUT2D eigenvalue weighted by Gasteiger charge is 2.09. The Morgan fingerprint density at radius 3 is 3.13 bits per heavy atom. The van der Waals surface area contributed by atoms with Crippen molar-refractivity contribution in [2.45, 2.75) is 6.42 Å². The minimum Gasteiger partial charge on any atom is -0.469 e. The van der Waals surface area contributed by atoms with Gasteiger partial charge in [0, 0.05) is 11.8 Å². The summed E-state index contributed by atoms with van der Waals surface area (Å²) in [7, 11) is 1.38. The average Bonchev–Trinajstić information content (AvgIpc) is 2.61. The van der Waals surface area contributed by atoms with E-state index in [-0.39, 0.29) is 12.4 Å². The third kappa shape index (κ3) is 2.02. The topological polar surface area (TPSA) is 55.0 Å². The van der Waals surface area contributed by atoms with Crippen molar-refractivity contribution in [1.29, 1.82) is 0 Å². The van der Waals surface area contributed by atoms with E-state index in [0.29, 0.717) is 0 Å². The van der Waals surface area contributed by atoms with Crippen LogP contribution in [-0.2, 0) is 16.0 Å². The van der Waals surface area contributed by atoms with E-state index in [4.69, 9.17) is 0 Å². The van der Waals surface area contributed by atoms with Gasteiger partial charge in [0.15, 0.2) is 0 Å². The monoisotopic (exact) mass is 268 g/mol. The zero-order valence-corrected chi connectivity index (χ0v) is 9.67. The van der Waals surface area contributed by atoms with Gasteiger partial charge in [-0.15, -0.1) is 0 Å². The standard InChI is InChI=1S/C10H9BrN2O2/c1-15-9(14)4-6-5-12-7-2-3-8(11)13-10(6)7/h2-3,5,12H,4H2,1H3. The molecule has 0 aliphatic rings. The van der Waals surface area contributed by atoms with Gasteiger partial charge >= 0.3 is 5.97 Å². The van der Waals surface area contributed by atoms with E-state index < -0.39 is 0 Å². The lowest BCUT2D eigenvalue weighted by Crippen LogP contribution is -2.04. The van der Waals surface area contributed by atoms with E-state index in [2.05, 4.69) is 30.6 Å². The molecule has 0 spiro atoms. The van der Waals surface area contributed by atoms with Crippen LogP contribution in [0.2, 0.25) is 0 Å². The maximum Gasteiger partial charge on any atom is 0.310 e. The number of aromatic amines is 1. The van der Waals surface area contributed by atoms with Crippen molar-refractivity contribution in [3.63, 3.8) is 0 Å². The number of hydrogen-bond donors (Lipinski definition) is 1. The summed E-state index contributed by atoms with van der Waals surface area (Å²) in [4.78, 5) is 18.5. The van der Waals surface area contributed by atoms with E-state index in [1.165, 1.54) is 7.11 Å². The highest BCUT2D eigenvalue weighted by Crippen LogP contribution is 2.19. The molecule has 5 heteroatoms. The van der Waals surface area contributed by atoms with Gasteiger partial charge < -0.3 is 9.72 Å². The Bertz CT molecular complexity index is 507. The highest BCUT2D eigenvalue weighted by molar-refractivity contribution is 9.10. The number of fused-ring (bicyclic) bond motifs is 1. The summed E-state index contributed by atoms with van der Waals surface area (Å²) in [6.07, 6.45) is 2.01. The van der Waals surface area contributed by atoms with E-state index in [1.807, 2.05) is 12.1 Å². The van der Waals surface area contributed by atoms with Crippen LogP contribution in [0.15, 0.2) is 22.9 Å². The van der Waals surface area contributed by atoms with Gasteiger partial charge in [-0.2, -0.15) is 0 Å². The predicted molar refractivity (Wildman–Crippen MR) is 59.5 cm³/mol. The van der Waals surface area contributed by atoms with Gasteiger partial charge in [0.1, 0.15) is 4.60 Å². The molecule has 1 N–H and O–H groups in total. The summed E-state index contributed by atoms with van der Waals surface area (Å²) < 4.78 is 5.36. The van der Waals surface area contributed by atoms with Crippen molar-refractivity contribution in [2.24, 2.45) is 0 Å². The molecule has 2 aromatic rings. The molecule has 2 aromatic heterocycles. The summed E-state index contributed by atoms with van der Waals surface area (Å²) >= 11 is 3.29. The van der Waals surface area contributed by atoms with Crippen molar-refractivity contribution < 1.29 is 9.53 Å². The molecule has 2 rings (SSSR count). The zero-order valence-electron chi connectivity index (χ0n) is 8.08. The number of carbonyl (C=O) groups excluding carboxylic acids is 1. The lowest BCUT2D eigenvalue weighted by atomic mass is 10.2. The molecular weight excluding hydrogens is 260 g/mol. The van der Waals surface area contributed by atoms with Crippen LogP contribution >= 0.6 is 15.9 Å². The fourth-order valence-electron chi connectivity index (χ4n) is 1.39. The lowest BCUT2D eigenvalue weighted by Gasteiger charge is -1.97. The molecule has 2 heterocycles. The highest BCUT2D eigenvalue weighted by atomic mass is 79.9. The van der Waals surface area contributed by atoms with E-state index >= 15 is 0 Å². The van der Waals surface area contributed by atoms with Gasteiger partial charge in [-0.1, -0.05) is 0 Å². The minimum atomic E-state index is -0.266. The van der Waals surface area contributed by atoms with Crippen LogP contribution in [0.4, 0.5) is 0 Å². The third-order valence-corrected chi connectivity index (χ3v) is 2.57. The number of halogens is 1. The SMILES string of the molecule is COC(=O)Cc1c[nH]c2ccc(Br)nc12. The van der Waals surface area contributed by atoms with Crippen LogP contribution < -0.4 is 0 Å². The van der Waals surface area contributed by atoms with Crippen molar-refractivity contribution in [1.82, 2.24) is 9.97 Å². The summed E-state index contributed by atoms with van der Waals surface area (Å²) in [5.41, 5.74) is 2.56. The summed E-state index contributed by atoms with van der Waals surface area (Å²) in [5, 5.41) is 0. The second-order valence-electron chi connectivity index (χ2n) is 3.10. The molecule has 0 aliphatic heterocycles. The molecule has 0 atom stereocenters. The molecule has 15 heavy (non-hydrogen) atoms. The predicted octanol–water partition coefficient (Wildman–Crippen LogP) is 2.04. The number of nitrogens with one attached hydrogen (secondary N) is 1. The molecule has 0 saturated heterocycles. The number of carbonyl (C=O) groups is 1. The lowest BCUT2D eigenvalue weighted by molar-refractivity contribution is -0.139. The van der Waals surface area contributed by atoms with Crippen LogP contribution in [0, 0.1) is 0 Å². The zero-order chi connectivity index (χ0) is 10.8. The van der Waals surface area contributed by atoms with Crippen LogP contribution in [0.1, 0.15) is 5.56 Å². The molecule has 0 bridgehead atoms. The van der Waals surface area contributed by atoms with E-state index in [1.54, 1.807) is 6.20 Å². The summed E-state index contributed by atoms with van der Waals surface area (Å²) in [5.74, 6) is -0.266. The van der Waals surface area contributed by atoms with Gasteiger partial charge in [-0.25, -0.2) is 4.98 Å². The van der Waals surface area contributed by atoms with Crippen LogP contribution in [-0.4, -0.2) is 23.0 Å². The number of rotatable bonds is 2. The molecular formula is C10H9BrN2O2. The van der Waals surface area contributed by atoms with Crippen molar-refractivity contribution >= 4 is 32.9 Å². The second kappa shape index (κ2) is 4.02. The number of pyridine rings is 1. The van der Waals surface area contributed by atoms with Crippen molar-refractivity contribution in [3.8, 4) is 0 Å². The largest absolute Gasteiger partial charge is 0.469 e. The molecule has 0 saturated carbocycles. The summed E-state index contributed by atoms with van der Waals surface area (Å²) in [6, 6.07) is 3.76. The first-order valence-corrected chi connectivity index (χ1v) is 5.19. The number of hydrogen-bond acceptors (Lipinski definition) is 3. The van der Waals surface area contributed by atoms with Crippen LogP contribution in [0.3, 0.4) is 0 Å². The number of aromatic nitrogens is 2. The Balaban J connectivity index is 2.43. The van der Waals surface area contributed by atoms with E-state index in [0.717, 1.165) is 21.2 Å². The number of ether oxygens (including phenoxy) is 1.